The monoisotopic (exact) mass is 571 g/mol. The molecule has 0 aliphatic carbocycles. The second kappa shape index (κ2) is 11.5. The Morgan fingerprint density at radius 3 is 2.46 bits per heavy atom. The first-order valence-corrected chi connectivity index (χ1v) is 13.6. The Labute approximate surface area is 236 Å². The van der Waals surface area contributed by atoms with Crippen LogP contribution in [-0.4, -0.2) is 30.4 Å². The molecule has 1 spiro atoms. The van der Waals surface area contributed by atoms with E-state index in [4.69, 9.17) is 27.9 Å². The Balaban J connectivity index is 1.26. The van der Waals surface area contributed by atoms with Crippen LogP contribution in [0.2, 0.25) is 10.0 Å². The fourth-order valence-electron chi connectivity index (χ4n) is 5.38. The highest BCUT2D eigenvalue weighted by molar-refractivity contribution is 6.42. The number of carbonyl (C=O) groups excluding carboxylic acids is 1. The molecule has 5 nitrogen and oxygen atoms in total. The van der Waals surface area contributed by atoms with Gasteiger partial charge in [-0.15, -0.1) is 0 Å². The van der Waals surface area contributed by atoms with Gasteiger partial charge < -0.3 is 20.3 Å². The number of nitrogens with zero attached hydrogens (tertiary/aromatic N) is 1. The Morgan fingerprint density at radius 1 is 1.03 bits per heavy atom. The number of ether oxygens (including phenoxy) is 1. The zero-order valence-corrected chi connectivity index (χ0v) is 22.8. The van der Waals surface area contributed by atoms with Gasteiger partial charge in [-0.25, -0.2) is 8.78 Å². The highest BCUT2D eigenvalue weighted by Crippen LogP contribution is 2.45. The highest BCUT2D eigenvalue weighted by Gasteiger charge is 2.43. The minimum absolute atomic E-state index is 0.145. The molecule has 0 saturated carbocycles. The maximum atomic E-state index is 14.1. The first-order valence-electron chi connectivity index (χ1n) is 12.9. The standard InChI is InChI=1S/C30H29Cl2F2N3O2/c1-19-36-28-9-7-23(34)17-25(28)30(39-19)11-14-37(15-12-30)13-10-24(21-4-8-26(31)27(32)16-21)29(38)35-18-20-2-5-22(33)6-3-20/h2-9,16-17,24,36H,1,10-15,18H2,(H,35,38). The first kappa shape index (κ1) is 27.4. The number of piperidine rings is 1. The van der Waals surface area contributed by atoms with Crippen molar-refractivity contribution in [3.8, 4) is 0 Å². The molecule has 1 atom stereocenters. The number of anilines is 1. The normalized spacial score (nSPS) is 17.2. The van der Waals surface area contributed by atoms with Crippen LogP contribution < -0.4 is 10.6 Å². The van der Waals surface area contributed by atoms with Crippen LogP contribution >= 0.6 is 23.2 Å². The molecule has 0 aromatic heterocycles. The average molecular weight is 572 g/mol. The van der Waals surface area contributed by atoms with Crippen LogP contribution in [0.25, 0.3) is 0 Å². The Hall–Kier alpha value is -3.13. The summed E-state index contributed by atoms with van der Waals surface area (Å²) in [5.74, 6) is -0.769. The average Bonchev–Trinajstić information content (AvgIpc) is 2.92. The van der Waals surface area contributed by atoms with Gasteiger partial charge in [-0.3, -0.25) is 4.79 Å². The van der Waals surface area contributed by atoms with E-state index >= 15 is 0 Å². The molecular formula is C30H29Cl2F2N3O2. The number of hydrogen-bond donors (Lipinski definition) is 2. The third-order valence-corrected chi connectivity index (χ3v) is 8.24. The van der Waals surface area contributed by atoms with Crippen molar-refractivity contribution in [1.29, 1.82) is 0 Å². The molecule has 2 heterocycles. The van der Waals surface area contributed by atoms with Crippen molar-refractivity contribution in [3.05, 3.63) is 111 Å². The van der Waals surface area contributed by atoms with Gasteiger partial charge in [0.05, 0.1) is 16.0 Å². The minimum atomic E-state index is -0.633. The molecule has 0 bridgehead atoms. The number of rotatable bonds is 7. The zero-order chi connectivity index (χ0) is 27.6. The molecule has 0 radical (unpaired) electrons. The van der Waals surface area contributed by atoms with Crippen molar-refractivity contribution in [2.45, 2.75) is 37.3 Å². The fourth-order valence-corrected chi connectivity index (χ4v) is 5.69. The second-order valence-corrected chi connectivity index (χ2v) is 10.8. The van der Waals surface area contributed by atoms with E-state index in [0.29, 0.717) is 54.8 Å². The summed E-state index contributed by atoms with van der Waals surface area (Å²) in [7, 11) is 0. The maximum absolute atomic E-state index is 14.1. The van der Waals surface area contributed by atoms with Crippen LogP contribution in [0.5, 0.6) is 0 Å². The summed E-state index contributed by atoms with van der Waals surface area (Å²) in [6.45, 7) is 6.34. The van der Waals surface area contributed by atoms with Crippen LogP contribution in [0.3, 0.4) is 0 Å². The molecule has 2 N–H and O–H groups in total. The molecule has 1 fully saturated rings. The molecule has 5 rings (SSSR count). The lowest BCUT2D eigenvalue weighted by Crippen LogP contribution is -2.47. The van der Waals surface area contributed by atoms with Gasteiger partial charge in [-0.05, 0) is 73.1 Å². The van der Waals surface area contributed by atoms with E-state index < -0.39 is 11.5 Å². The smallest absolute Gasteiger partial charge is 0.227 e. The molecule has 2 aliphatic heterocycles. The molecule has 2 aliphatic rings. The van der Waals surface area contributed by atoms with Gasteiger partial charge in [0.2, 0.25) is 5.91 Å². The quantitative estimate of drug-likeness (QED) is 0.321. The van der Waals surface area contributed by atoms with E-state index in [0.717, 1.165) is 22.4 Å². The second-order valence-electron chi connectivity index (χ2n) is 10.0. The summed E-state index contributed by atoms with van der Waals surface area (Å²) in [6, 6.07) is 16.0. The predicted octanol–water partition coefficient (Wildman–Crippen LogP) is 6.97. The van der Waals surface area contributed by atoms with Crippen LogP contribution in [0.4, 0.5) is 14.5 Å². The van der Waals surface area contributed by atoms with Crippen molar-refractivity contribution in [3.63, 3.8) is 0 Å². The molecule has 3 aromatic carbocycles. The van der Waals surface area contributed by atoms with Crippen LogP contribution in [-0.2, 0) is 21.7 Å². The number of hydrogen-bond acceptors (Lipinski definition) is 4. The summed E-state index contributed by atoms with van der Waals surface area (Å²) in [5.41, 5.74) is 2.57. The van der Waals surface area contributed by atoms with Crippen LogP contribution in [0, 0.1) is 11.6 Å². The number of amides is 1. The summed E-state index contributed by atoms with van der Waals surface area (Å²) in [4.78, 5) is 15.6. The van der Waals surface area contributed by atoms with Gasteiger partial charge in [-0.1, -0.05) is 41.4 Å². The summed E-state index contributed by atoms with van der Waals surface area (Å²) >= 11 is 12.4. The van der Waals surface area contributed by atoms with Gasteiger partial charge in [0.25, 0.3) is 0 Å². The van der Waals surface area contributed by atoms with Crippen LogP contribution in [0.1, 0.15) is 41.9 Å². The van der Waals surface area contributed by atoms with E-state index in [2.05, 4.69) is 22.1 Å². The number of fused-ring (bicyclic) bond motifs is 2. The van der Waals surface area contributed by atoms with E-state index in [9.17, 15) is 13.6 Å². The van der Waals surface area contributed by atoms with Gasteiger partial charge in [0.15, 0.2) is 5.88 Å². The van der Waals surface area contributed by atoms with E-state index in [1.807, 2.05) is 6.07 Å². The number of halogens is 4. The first-order chi connectivity index (χ1) is 18.7. The summed E-state index contributed by atoms with van der Waals surface area (Å²) in [6.07, 6.45) is 1.89. The molecule has 3 aromatic rings. The number of carbonyl (C=O) groups is 1. The SMILES string of the molecule is C=C1Nc2ccc(F)cc2C2(CCN(CCC(C(=O)NCc3ccc(F)cc3)c3ccc(Cl)c(Cl)c3)CC2)O1. The van der Waals surface area contributed by atoms with Gasteiger partial charge in [0.1, 0.15) is 17.2 Å². The summed E-state index contributed by atoms with van der Waals surface area (Å²) in [5, 5.41) is 6.89. The number of benzene rings is 3. The highest BCUT2D eigenvalue weighted by atomic mass is 35.5. The Morgan fingerprint density at radius 2 is 1.74 bits per heavy atom. The minimum Gasteiger partial charge on any atom is -0.468 e. The van der Waals surface area contributed by atoms with Crippen molar-refractivity contribution < 1.29 is 18.3 Å². The zero-order valence-electron chi connectivity index (χ0n) is 21.3. The lowest BCUT2D eigenvalue weighted by molar-refractivity contribution is -0.123. The molecule has 1 amide bonds. The van der Waals surface area contributed by atoms with E-state index in [1.165, 1.54) is 24.3 Å². The van der Waals surface area contributed by atoms with Crippen molar-refractivity contribution in [1.82, 2.24) is 10.2 Å². The lowest BCUT2D eigenvalue weighted by atomic mass is 9.82. The molecule has 204 valence electrons. The number of nitrogens with one attached hydrogen (secondary N) is 2. The molecule has 9 heteroatoms. The Kier molecular flexibility index (Phi) is 8.12. The van der Waals surface area contributed by atoms with Gasteiger partial charge in [0, 0.05) is 43.7 Å². The third kappa shape index (κ3) is 6.21. The predicted molar refractivity (Wildman–Crippen MR) is 150 cm³/mol. The van der Waals surface area contributed by atoms with E-state index in [1.54, 1.807) is 30.3 Å². The number of likely N-dealkylation sites (tertiary alicyclic amines) is 1. The molecule has 1 saturated heterocycles. The molecule has 1 unspecified atom stereocenters. The van der Waals surface area contributed by atoms with Gasteiger partial charge in [-0.2, -0.15) is 0 Å². The van der Waals surface area contributed by atoms with Crippen LogP contribution in [0.15, 0.2) is 73.1 Å². The van der Waals surface area contributed by atoms with Crippen molar-refractivity contribution in [2.24, 2.45) is 0 Å². The van der Waals surface area contributed by atoms with Crippen molar-refractivity contribution in [2.75, 3.05) is 25.0 Å². The van der Waals surface area contributed by atoms with Gasteiger partial charge >= 0.3 is 0 Å². The largest absolute Gasteiger partial charge is 0.468 e. The maximum Gasteiger partial charge on any atom is 0.227 e. The lowest BCUT2D eigenvalue weighted by Gasteiger charge is -2.46. The Bertz CT molecular complexity index is 1380. The third-order valence-electron chi connectivity index (χ3n) is 7.51. The fraction of sp³-hybridized carbons (Fsp3) is 0.300. The topological polar surface area (TPSA) is 53.6 Å². The van der Waals surface area contributed by atoms with E-state index in [-0.39, 0.29) is 24.1 Å². The molecule has 39 heavy (non-hydrogen) atoms. The summed E-state index contributed by atoms with van der Waals surface area (Å²) < 4.78 is 33.5. The molecular weight excluding hydrogens is 543 g/mol. The van der Waals surface area contributed by atoms with Crippen molar-refractivity contribution >= 4 is 34.8 Å².